The van der Waals surface area contributed by atoms with Gasteiger partial charge in [0, 0.05) is 37.6 Å². The zero-order valence-electron chi connectivity index (χ0n) is 29.1. The van der Waals surface area contributed by atoms with Crippen LogP contribution in [0.1, 0.15) is 65.5 Å². The molecule has 0 saturated heterocycles. The molecule has 0 amide bonds. The Kier molecular flexibility index (Phi) is 14.8. The maximum absolute atomic E-state index is 5.88. The van der Waals surface area contributed by atoms with Gasteiger partial charge in [-0.25, -0.2) is 0 Å². The number of ether oxygens (including phenoxy) is 2. The molecular formula is C41H56N2O2. The standard InChI is InChI=1S/C41H56N2O2/c1-32(2)14-12-15-34(5)25-27-43(30-33(3)4)39-21-24-41(45-8)37(29-39)28-35(6)31-42(38-19-22-40(44-7)23-20-38)26-13-18-36-16-10-9-11-17-36/h9-11,13-14,16-25,29,33,35H,12,15,26-28,30-31H2,1-8H3/b18-13+,34-25+. The zero-order valence-corrected chi connectivity index (χ0v) is 29.1. The quantitative estimate of drug-likeness (QED) is 0.134. The number of methoxy groups -OCH3 is 2. The summed E-state index contributed by atoms with van der Waals surface area (Å²) in [6.45, 7) is 17.2. The Morgan fingerprint density at radius 1 is 0.756 bits per heavy atom. The van der Waals surface area contributed by atoms with Gasteiger partial charge >= 0.3 is 0 Å². The molecule has 0 aliphatic carbocycles. The fraction of sp³-hybridized carbons (Fsp3) is 0.415. The molecule has 4 nitrogen and oxygen atoms in total. The Balaban J connectivity index is 1.79. The molecule has 242 valence electrons. The first-order valence-corrected chi connectivity index (χ1v) is 16.5. The maximum Gasteiger partial charge on any atom is 0.122 e. The van der Waals surface area contributed by atoms with Crippen molar-refractivity contribution in [3.05, 3.63) is 113 Å². The van der Waals surface area contributed by atoms with Gasteiger partial charge in [0.15, 0.2) is 0 Å². The van der Waals surface area contributed by atoms with Crippen LogP contribution in [-0.4, -0.2) is 40.4 Å². The van der Waals surface area contributed by atoms with Gasteiger partial charge in [-0.1, -0.05) is 86.6 Å². The van der Waals surface area contributed by atoms with Crippen molar-refractivity contribution < 1.29 is 9.47 Å². The lowest BCUT2D eigenvalue weighted by Gasteiger charge is -2.29. The molecule has 0 radical (unpaired) electrons. The number of allylic oxidation sites excluding steroid dienone is 3. The minimum Gasteiger partial charge on any atom is -0.497 e. The topological polar surface area (TPSA) is 24.9 Å². The molecule has 0 aliphatic rings. The van der Waals surface area contributed by atoms with E-state index in [1.165, 1.54) is 33.6 Å². The van der Waals surface area contributed by atoms with Crippen LogP contribution < -0.4 is 19.3 Å². The van der Waals surface area contributed by atoms with E-state index in [4.69, 9.17) is 9.47 Å². The monoisotopic (exact) mass is 608 g/mol. The van der Waals surface area contributed by atoms with Crippen LogP contribution in [0.3, 0.4) is 0 Å². The Bertz CT molecular complexity index is 1370. The van der Waals surface area contributed by atoms with Crippen molar-refractivity contribution in [2.45, 2.75) is 60.8 Å². The minimum absolute atomic E-state index is 0.400. The second-order valence-electron chi connectivity index (χ2n) is 12.9. The average molecular weight is 609 g/mol. The van der Waals surface area contributed by atoms with Gasteiger partial charge in [-0.3, -0.25) is 0 Å². The van der Waals surface area contributed by atoms with Gasteiger partial charge in [-0.15, -0.1) is 0 Å². The summed E-state index contributed by atoms with van der Waals surface area (Å²) < 4.78 is 11.3. The highest BCUT2D eigenvalue weighted by molar-refractivity contribution is 5.55. The zero-order chi connectivity index (χ0) is 32.6. The molecule has 1 unspecified atom stereocenters. The van der Waals surface area contributed by atoms with Crippen LogP contribution in [0.4, 0.5) is 11.4 Å². The van der Waals surface area contributed by atoms with E-state index in [1.54, 1.807) is 14.2 Å². The number of anilines is 2. The third-order valence-corrected chi connectivity index (χ3v) is 7.94. The molecule has 45 heavy (non-hydrogen) atoms. The fourth-order valence-electron chi connectivity index (χ4n) is 5.58. The molecule has 1 atom stereocenters. The third-order valence-electron chi connectivity index (χ3n) is 7.94. The number of hydrogen-bond acceptors (Lipinski definition) is 4. The highest BCUT2D eigenvalue weighted by Crippen LogP contribution is 2.29. The van der Waals surface area contributed by atoms with E-state index >= 15 is 0 Å². The van der Waals surface area contributed by atoms with Crippen LogP contribution in [0, 0.1) is 11.8 Å². The number of benzene rings is 3. The van der Waals surface area contributed by atoms with E-state index in [1.807, 2.05) is 12.1 Å². The molecule has 0 aromatic heterocycles. The van der Waals surface area contributed by atoms with Crippen molar-refractivity contribution in [3.8, 4) is 11.5 Å². The summed E-state index contributed by atoms with van der Waals surface area (Å²) in [7, 11) is 3.50. The highest BCUT2D eigenvalue weighted by atomic mass is 16.5. The first kappa shape index (κ1) is 35.6. The molecule has 0 heterocycles. The Labute approximate surface area is 274 Å². The Morgan fingerprint density at radius 3 is 2.09 bits per heavy atom. The summed E-state index contributed by atoms with van der Waals surface area (Å²) >= 11 is 0. The summed E-state index contributed by atoms with van der Waals surface area (Å²) in [5.74, 6) is 2.80. The van der Waals surface area contributed by atoms with Gasteiger partial charge in [-0.2, -0.15) is 0 Å². The average Bonchev–Trinajstić information content (AvgIpc) is 3.02. The predicted molar refractivity (Wildman–Crippen MR) is 196 cm³/mol. The summed E-state index contributed by atoms with van der Waals surface area (Å²) in [5, 5.41) is 0. The summed E-state index contributed by atoms with van der Waals surface area (Å²) in [6, 6.07) is 25.6. The first-order valence-electron chi connectivity index (χ1n) is 16.5. The lowest BCUT2D eigenvalue weighted by Crippen LogP contribution is -2.30. The molecule has 0 aliphatic heterocycles. The van der Waals surface area contributed by atoms with Crippen molar-refractivity contribution in [2.75, 3.05) is 50.2 Å². The number of hydrogen-bond donors (Lipinski definition) is 0. The SMILES string of the molecule is COc1ccc(N(C/C=C/c2ccccc2)CC(C)Cc2cc(N(C/C=C(\C)CCC=C(C)C)CC(C)C)ccc2OC)cc1. The van der Waals surface area contributed by atoms with Crippen molar-refractivity contribution in [3.63, 3.8) is 0 Å². The van der Waals surface area contributed by atoms with E-state index in [0.717, 1.165) is 56.9 Å². The van der Waals surface area contributed by atoms with E-state index in [0.29, 0.717) is 11.8 Å². The van der Waals surface area contributed by atoms with Crippen LogP contribution in [-0.2, 0) is 6.42 Å². The van der Waals surface area contributed by atoms with Gasteiger partial charge in [0.25, 0.3) is 0 Å². The summed E-state index contributed by atoms with van der Waals surface area (Å²) in [6.07, 6.45) is 12.3. The van der Waals surface area contributed by atoms with Gasteiger partial charge in [-0.05, 0) is 105 Å². The number of rotatable bonds is 18. The molecule has 0 spiro atoms. The van der Waals surface area contributed by atoms with Crippen LogP contribution in [0.25, 0.3) is 6.08 Å². The van der Waals surface area contributed by atoms with Crippen molar-refractivity contribution >= 4 is 17.5 Å². The van der Waals surface area contributed by atoms with E-state index in [-0.39, 0.29) is 0 Å². The molecule has 0 N–H and O–H groups in total. The van der Waals surface area contributed by atoms with E-state index in [9.17, 15) is 0 Å². The van der Waals surface area contributed by atoms with Crippen LogP contribution in [0.2, 0.25) is 0 Å². The predicted octanol–water partition coefficient (Wildman–Crippen LogP) is 10.3. The minimum atomic E-state index is 0.400. The molecule has 4 heteroatoms. The fourth-order valence-corrected chi connectivity index (χ4v) is 5.58. The normalized spacial score (nSPS) is 12.3. The van der Waals surface area contributed by atoms with Gasteiger partial charge in [0.05, 0.1) is 14.2 Å². The highest BCUT2D eigenvalue weighted by Gasteiger charge is 2.16. The molecule has 0 fully saturated rings. The molecule has 0 bridgehead atoms. The van der Waals surface area contributed by atoms with Gasteiger partial charge in [0.1, 0.15) is 11.5 Å². The lowest BCUT2D eigenvalue weighted by atomic mass is 9.98. The summed E-state index contributed by atoms with van der Waals surface area (Å²) in [5.41, 5.74) is 7.76. The molecule has 3 aromatic carbocycles. The maximum atomic E-state index is 5.88. The van der Waals surface area contributed by atoms with Crippen molar-refractivity contribution in [1.29, 1.82) is 0 Å². The Hall–Kier alpha value is -3.92. The van der Waals surface area contributed by atoms with Gasteiger partial charge in [0.2, 0.25) is 0 Å². The van der Waals surface area contributed by atoms with Crippen LogP contribution in [0.5, 0.6) is 11.5 Å². The van der Waals surface area contributed by atoms with E-state index in [2.05, 4.69) is 136 Å². The van der Waals surface area contributed by atoms with Crippen molar-refractivity contribution in [1.82, 2.24) is 0 Å². The molecule has 0 saturated carbocycles. The Morgan fingerprint density at radius 2 is 1.44 bits per heavy atom. The largest absolute Gasteiger partial charge is 0.497 e. The first-order chi connectivity index (χ1) is 21.7. The summed E-state index contributed by atoms with van der Waals surface area (Å²) in [4.78, 5) is 4.97. The van der Waals surface area contributed by atoms with Gasteiger partial charge < -0.3 is 19.3 Å². The number of nitrogens with zero attached hydrogens (tertiary/aromatic N) is 2. The molecule has 3 aromatic rings. The lowest BCUT2D eigenvalue weighted by molar-refractivity contribution is 0.405. The smallest absolute Gasteiger partial charge is 0.122 e. The second kappa shape index (κ2) is 18.8. The van der Waals surface area contributed by atoms with Crippen LogP contribution in [0.15, 0.2) is 102 Å². The second-order valence-corrected chi connectivity index (χ2v) is 12.9. The molecule has 3 rings (SSSR count). The third kappa shape index (κ3) is 12.5. The van der Waals surface area contributed by atoms with E-state index < -0.39 is 0 Å². The van der Waals surface area contributed by atoms with Crippen LogP contribution >= 0.6 is 0 Å². The molecular weight excluding hydrogens is 552 g/mol. The van der Waals surface area contributed by atoms with Crippen molar-refractivity contribution in [2.24, 2.45) is 11.8 Å².